The fraction of sp³-hybridized carbons (Fsp3) is 0.600. The van der Waals surface area contributed by atoms with Crippen molar-refractivity contribution >= 4 is 0 Å². The largest absolute Gasteiger partial charge is 0.497 e. The zero-order chi connectivity index (χ0) is 13.2. The predicted molar refractivity (Wildman–Crippen MR) is 74.5 cm³/mol. The van der Waals surface area contributed by atoms with Crippen LogP contribution in [0.2, 0.25) is 0 Å². The molecule has 0 amide bonds. The SMILES string of the molecule is COc1cccc(CC(O)C2CN3CCN2CC3)c1. The first kappa shape index (κ1) is 12.9. The molecule has 0 aromatic heterocycles. The summed E-state index contributed by atoms with van der Waals surface area (Å²) in [7, 11) is 1.68. The normalized spacial score (nSPS) is 31.2. The third kappa shape index (κ3) is 2.76. The number of piperazine rings is 3. The molecule has 0 saturated carbocycles. The Morgan fingerprint density at radius 2 is 2.11 bits per heavy atom. The summed E-state index contributed by atoms with van der Waals surface area (Å²) in [5.41, 5.74) is 1.14. The molecule has 3 aliphatic rings. The van der Waals surface area contributed by atoms with Gasteiger partial charge in [-0.2, -0.15) is 0 Å². The predicted octanol–water partition coefficient (Wildman–Crippen LogP) is 0.598. The zero-order valence-corrected chi connectivity index (χ0v) is 11.5. The number of hydrogen-bond donors (Lipinski definition) is 1. The third-order valence-corrected chi connectivity index (χ3v) is 4.34. The van der Waals surface area contributed by atoms with Crippen LogP contribution >= 0.6 is 0 Å². The summed E-state index contributed by atoms with van der Waals surface area (Å²) in [6.45, 7) is 5.51. The van der Waals surface area contributed by atoms with Crippen LogP contribution in [0.25, 0.3) is 0 Å². The second kappa shape index (κ2) is 5.49. The van der Waals surface area contributed by atoms with Crippen molar-refractivity contribution in [3.63, 3.8) is 0 Å². The molecule has 4 rings (SSSR count). The highest BCUT2D eigenvalue weighted by Crippen LogP contribution is 2.21. The van der Waals surface area contributed by atoms with Crippen LogP contribution in [-0.4, -0.2) is 66.9 Å². The second-order valence-electron chi connectivity index (χ2n) is 5.53. The molecule has 19 heavy (non-hydrogen) atoms. The average Bonchev–Trinajstić information content (AvgIpc) is 2.48. The summed E-state index contributed by atoms with van der Waals surface area (Å²) >= 11 is 0. The maximum atomic E-state index is 10.5. The molecule has 2 bridgehead atoms. The van der Waals surface area contributed by atoms with Crippen molar-refractivity contribution in [2.75, 3.05) is 39.8 Å². The number of fused-ring (bicyclic) bond motifs is 3. The molecule has 1 aromatic rings. The van der Waals surface area contributed by atoms with Gasteiger partial charge in [-0.05, 0) is 17.7 Å². The number of nitrogens with zero attached hydrogens (tertiary/aromatic N) is 2. The van der Waals surface area contributed by atoms with Gasteiger partial charge in [-0.1, -0.05) is 12.1 Å². The fourth-order valence-corrected chi connectivity index (χ4v) is 3.20. The van der Waals surface area contributed by atoms with E-state index in [9.17, 15) is 5.11 Å². The van der Waals surface area contributed by atoms with Crippen molar-refractivity contribution in [2.24, 2.45) is 0 Å². The first-order valence-electron chi connectivity index (χ1n) is 7.03. The Balaban J connectivity index is 1.65. The molecule has 0 radical (unpaired) electrons. The Morgan fingerprint density at radius 3 is 2.74 bits per heavy atom. The van der Waals surface area contributed by atoms with E-state index in [0.717, 1.165) is 44.0 Å². The van der Waals surface area contributed by atoms with E-state index in [-0.39, 0.29) is 12.1 Å². The molecule has 3 fully saturated rings. The van der Waals surface area contributed by atoms with Gasteiger partial charge >= 0.3 is 0 Å². The molecular formula is C15H22N2O2. The first-order chi connectivity index (χ1) is 9.26. The minimum absolute atomic E-state index is 0.286. The van der Waals surface area contributed by atoms with Crippen LogP contribution in [0.3, 0.4) is 0 Å². The van der Waals surface area contributed by atoms with Crippen LogP contribution < -0.4 is 4.74 Å². The molecule has 4 nitrogen and oxygen atoms in total. The van der Waals surface area contributed by atoms with Crippen LogP contribution in [0, 0.1) is 0 Å². The lowest BCUT2D eigenvalue weighted by Crippen LogP contribution is -2.64. The number of rotatable bonds is 4. The first-order valence-corrected chi connectivity index (χ1v) is 7.03. The molecule has 3 heterocycles. The van der Waals surface area contributed by atoms with Gasteiger partial charge in [0.2, 0.25) is 0 Å². The summed E-state index contributed by atoms with van der Waals surface area (Å²) in [6.07, 6.45) is 0.404. The molecule has 104 valence electrons. The van der Waals surface area contributed by atoms with Gasteiger partial charge < -0.3 is 9.84 Å². The molecule has 3 saturated heterocycles. The molecule has 1 N–H and O–H groups in total. The van der Waals surface area contributed by atoms with Gasteiger partial charge in [0.1, 0.15) is 5.75 Å². The van der Waals surface area contributed by atoms with Crippen molar-refractivity contribution in [1.29, 1.82) is 0 Å². The molecule has 1 aromatic carbocycles. The van der Waals surface area contributed by atoms with E-state index in [1.807, 2.05) is 18.2 Å². The van der Waals surface area contributed by atoms with Gasteiger partial charge in [-0.25, -0.2) is 0 Å². The molecule has 2 atom stereocenters. The van der Waals surface area contributed by atoms with E-state index in [0.29, 0.717) is 6.42 Å². The molecule has 3 aliphatic heterocycles. The Morgan fingerprint density at radius 1 is 1.32 bits per heavy atom. The number of aliphatic hydroxyl groups excluding tert-OH is 1. The standard InChI is InChI=1S/C15H22N2O2/c1-19-13-4-2-3-12(9-13)10-15(18)14-11-16-5-7-17(14)8-6-16/h2-4,9,14-15,18H,5-8,10-11H2,1H3. The molecule has 2 unspecified atom stereocenters. The van der Waals surface area contributed by atoms with Gasteiger partial charge in [-0.15, -0.1) is 0 Å². The Labute approximate surface area is 114 Å². The van der Waals surface area contributed by atoms with E-state index in [1.54, 1.807) is 7.11 Å². The second-order valence-corrected chi connectivity index (χ2v) is 5.53. The summed E-state index contributed by atoms with van der Waals surface area (Å²) in [4.78, 5) is 4.89. The van der Waals surface area contributed by atoms with E-state index >= 15 is 0 Å². The number of benzene rings is 1. The van der Waals surface area contributed by atoms with Gasteiger partial charge in [0, 0.05) is 45.2 Å². The average molecular weight is 262 g/mol. The number of hydrogen-bond acceptors (Lipinski definition) is 4. The maximum Gasteiger partial charge on any atom is 0.119 e. The Bertz CT molecular complexity index is 430. The monoisotopic (exact) mass is 262 g/mol. The van der Waals surface area contributed by atoms with Crippen molar-refractivity contribution in [3.8, 4) is 5.75 Å². The van der Waals surface area contributed by atoms with Crippen molar-refractivity contribution in [3.05, 3.63) is 29.8 Å². The summed E-state index contributed by atoms with van der Waals surface area (Å²) in [5, 5.41) is 10.5. The number of aliphatic hydroxyl groups is 1. The third-order valence-electron chi connectivity index (χ3n) is 4.34. The smallest absolute Gasteiger partial charge is 0.119 e. The van der Waals surface area contributed by atoms with Crippen molar-refractivity contribution in [2.45, 2.75) is 18.6 Å². The highest BCUT2D eigenvalue weighted by Gasteiger charge is 2.35. The Hall–Kier alpha value is -1.10. The number of methoxy groups -OCH3 is 1. The van der Waals surface area contributed by atoms with Crippen LogP contribution in [0.4, 0.5) is 0 Å². The Kier molecular flexibility index (Phi) is 3.73. The molecule has 0 spiro atoms. The van der Waals surface area contributed by atoms with Gasteiger partial charge in [0.05, 0.1) is 13.2 Å². The summed E-state index contributed by atoms with van der Waals surface area (Å²) in [5.74, 6) is 0.860. The highest BCUT2D eigenvalue weighted by molar-refractivity contribution is 5.29. The zero-order valence-electron chi connectivity index (χ0n) is 11.5. The minimum Gasteiger partial charge on any atom is -0.497 e. The van der Waals surface area contributed by atoms with E-state index in [4.69, 9.17) is 4.74 Å². The van der Waals surface area contributed by atoms with Crippen LogP contribution in [0.15, 0.2) is 24.3 Å². The van der Waals surface area contributed by atoms with Crippen LogP contribution in [0.5, 0.6) is 5.75 Å². The van der Waals surface area contributed by atoms with Crippen molar-refractivity contribution < 1.29 is 9.84 Å². The fourth-order valence-electron chi connectivity index (χ4n) is 3.20. The lowest BCUT2D eigenvalue weighted by atomic mass is 9.97. The van der Waals surface area contributed by atoms with Crippen molar-refractivity contribution in [1.82, 2.24) is 9.80 Å². The molecule has 0 aliphatic carbocycles. The molecule has 4 heteroatoms. The van der Waals surface area contributed by atoms with Gasteiger partial charge in [0.25, 0.3) is 0 Å². The van der Waals surface area contributed by atoms with E-state index in [2.05, 4.69) is 15.9 Å². The number of ether oxygens (including phenoxy) is 1. The van der Waals surface area contributed by atoms with E-state index < -0.39 is 0 Å². The topological polar surface area (TPSA) is 35.9 Å². The highest BCUT2D eigenvalue weighted by atomic mass is 16.5. The lowest BCUT2D eigenvalue weighted by molar-refractivity contribution is -0.0453. The quantitative estimate of drug-likeness (QED) is 0.862. The summed E-state index contributed by atoms with van der Waals surface area (Å²) in [6, 6.07) is 8.28. The van der Waals surface area contributed by atoms with Crippen LogP contribution in [-0.2, 0) is 6.42 Å². The van der Waals surface area contributed by atoms with E-state index in [1.165, 1.54) is 0 Å². The van der Waals surface area contributed by atoms with Gasteiger partial charge in [0.15, 0.2) is 0 Å². The van der Waals surface area contributed by atoms with Crippen LogP contribution in [0.1, 0.15) is 5.56 Å². The summed E-state index contributed by atoms with van der Waals surface area (Å²) < 4.78 is 5.23. The maximum absolute atomic E-state index is 10.5. The molecular weight excluding hydrogens is 240 g/mol. The minimum atomic E-state index is -0.296. The van der Waals surface area contributed by atoms with Gasteiger partial charge in [-0.3, -0.25) is 9.80 Å². The lowest BCUT2D eigenvalue weighted by Gasteiger charge is -2.49.